The van der Waals surface area contributed by atoms with E-state index in [1.807, 2.05) is 0 Å². The number of halogens is 3. The largest absolute Gasteiger partial charge is 0.391 e. The summed E-state index contributed by atoms with van der Waals surface area (Å²) in [6.07, 6.45) is -4.18. The maximum absolute atomic E-state index is 12.7. The zero-order valence-corrected chi connectivity index (χ0v) is 12.3. The molecular formula is C13H17F3N2O2S. The Balaban J connectivity index is 1.96. The molecule has 1 aromatic heterocycles. The number of nitrogens with one attached hydrogen (secondary N) is 1. The number of carbonyl (C=O) groups excluding carboxylic acids is 1. The van der Waals surface area contributed by atoms with Crippen LogP contribution in [0.2, 0.25) is 0 Å². The summed E-state index contributed by atoms with van der Waals surface area (Å²) < 4.78 is 38.2. The maximum Gasteiger partial charge on any atom is 0.391 e. The van der Waals surface area contributed by atoms with E-state index in [1.54, 1.807) is 12.3 Å². The second kappa shape index (κ2) is 6.31. The zero-order valence-electron chi connectivity index (χ0n) is 11.5. The number of thiazole rings is 1. The van der Waals surface area contributed by atoms with Crippen LogP contribution < -0.4 is 5.32 Å². The van der Waals surface area contributed by atoms with Crippen molar-refractivity contribution in [2.75, 3.05) is 5.32 Å². The SMILES string of the molecule is CC(O)c1csc(NC(=O)C2CCCC(C(F)(F)F)C2)n1. The summed E-state index contributed by atoms with van der Waals surface area (Å²) in [6.45, 7) is 1.55. The molecule has 0 aromatic carbocycles. The molecule has 3 atom stereocenters. The van der Waals surface area contributed by atoms with Gasteiger partial charge in [0.1, 0.15) is 0 Å². The van der Waals surface area contributed by atoms with Crippen LogP contribution in [0.4, 0.5) is 18.3 Å². The van der Waals surface area contributed by atoms with Gasteiger partial charge in [0.05, 0.1) is 17.7 Å². The molecule has 1 saturated carbocycles. The lowest BCUT2D eigenvalue weighted by atomic mass is 9.80. The van der Waals surface area contributed by atoms with Gasteiger partial charge in [0.15, 0.2) is 5.13 Å². The van der Waals surface area contributed by atoms with Crippen LogP contribution in [0.5, 0.6) is 0 Å². The van der Waals surface area contributed by atoms with E-state index in [2.05, 4.69) is 10.3 Å². The van der Waals surface area contributed by atoms with Gasteiger partial charge < -0.3 is 10.4 Å². The van der Waals surface area contributed by atoms with E-state index in [4.69, 9.17) is 0 Å². The molecule has 0 aliphatic heterocycles. The minimum Gasteiger partial charge on any atom is -0.387 e. The average molecular weight is 322 g/mol. The summed E-state index contributed by atoms with van der Waals surface area (Å²) in [5, 5.41) is 13.8. The Bertz CT molecular complexity index is 502. The predicted octanol–water partition coefficient (Wildman–Crippen LogP) is 3.50. The number of carbonyl (C=O) groups is 1. The summed E-state index contributed by atoms with van der Waals surface area (Å²) in [4.78, 5) is 16.1. The number of hydrogen-bond donors (Lipinski definition) is 2. The van der Waals surface area contributed by atoms with E-state index in [1.165, 1.54) is 0 Å². The smallest absolute Gasteiger partial charge is 0.387 e. The second-order valence-electron chi connectivity index (χ2n) is 5.34. The van der Waals surface area contributed by atoms with Crippen molar-refractivity contribution in [3.05, 3.63) is 11.1 Å². The van der Waals surface area contributed by atoms with Crippen molar-refractivity contribution in [1.82, 2.24) is 4.98 Å². The van der Waals surface area contributed by atoms with Gasteiger partial charge in [-0.15, -0.1) is 11.3 Å². The number of aliphatic hydroxyl groups is 1. The Morgan fingerprint density at radius 2 is 2.24 bits per heavy atom. The van der Waals surface area contributed by atoms with Gasteiger partial charge in [-0.1, -0.05) is 6.42 Å². The van der Waals surface area contributed by atoms with Crippen LogP contribution in [-0.4, -0.2) is 22.2 Å². The Morgan fingerprint density at radius 3 is 2.81 bits per heavy atom. The molecule has 0 saturated heterocycles. The van der Waals surface area contributed by atoms with Crippen molar-refractivity contribution in [1.29, 1.82) is 0 Å². The standard InChI is InChI=1S/C13H17F3N2O2S/c1-7(19)10-6-21-12(17-10)18-11(20)8-3-2-4-9(5-8)13(14,15)16/h6-9,19H,2-5H2,1H3,(H,17,18,20). The first kappa shape index (κ1) is 16.2. The van der Waals surface area contributed by atoms with E-state index in [-0.39, 0.29) is 12.8 Å². The third-order valence-electron chi connectivity index (χ3n) is 3.69. The Kier molecular flexibility index (Phi) is 4.88. The van der Waals surface area contributed by atoms with Crippen LogP contribution in [0.15, 0.2) is 5.38 Å². The van der Waals surface area contributed by atoms with Crippen molar-refractivity contribution in [2.24, 2.45) is 11.8 Å². The molecule has 2 rings (SSSR count). The molecule has 0 spiro atoms. The summed E-state index contributed by atoms with van der Waals surface area (Å²) in [5.74, 6) is -2.45. The molecule has 2 N–H and O–H groups in total. The monoisotopic (exact) mass is 322 g/mol. The first-order chi connectivity index (χ1) is 9.77. The van der Waals surface area contributed by atoms with Crippen LogP contribution in [-0.2, 0) is 4.79 Å². The lowest BCUT2D eigenvalue weighted by Crippen LogP contribution is -2.34. The molecule has 3 unspecified atom stereocenters. The molecule has 4 nitrogen and oxygen atoms in total. The number of aliphatic hydroxyl groups excluding tert-OH is 1. The molecule has 1 aliphatic rings. The third kappa shape index (κ3) is 4.16. The molecule has 8 heteroatoms. The van der Waals surface area contributed by atoms with E-state index in [0.29, 0.717) is 23.7 Å². The number of nitrogens with zero attached hydrogens (tertiary/aromatic N) is 1. The fourth-order valence-corrected chi connectivity index (χ4v) is 3.27. The van der Waals surface area contributed by atoms with Crippen molar-refractivity contribution in [3.8, 4) is 0 Å². The highest BCUT2D eigenvalue weighted by Crippen LogP contribution is 2.40. The normalized spacial score (nSPS) is 24.6. The highest BCUT2D eigenvalue weighted by atomic mass is 32.1. The molecule has 1 aromatic rings. The lowest BCUT2D eigenvalue weighted by Gasteiger charge is -2.29. The van der Waals surface area contributed by atoms with Gasteiger partial charge in [-0.2, -0.15) is 13.2 Å². The summed E-state index contributed by atoms with van der Waals surface area (Å²) in [7, 11) is 0. The van der Waals surface area contributed by atoms with Gasteiger partial charge in [-0.05, 0) is 26.2 Å². The number of rotatable bonds is 3. The molecule has 1 heterocycles. The van der Waals surface area contributed by atoms with Crippen LogP contribution in [0, 0.1) is 11.8 Å². The zero-order chi connectivity index (χ0) is 15.6. The molecular weight excluding hydrogens is 305 g/mol. The van der Waals surface area contributed by atoms with E-state index >= 15 is 0 Å². The molecule has 21 heavy (non-hydrogen) atoms. The van der Waals surface area contributed by atoms with Gasteiger partial charge in [0.2, 0.25) is 5.91 Å². The molecule has 118 valence electrons. The maximum atomic E-state index is 12.7. The molecule has 1 amide bonds. The van der Waals surface area contributed by atoms with Gasteiger partial charge in [-0.3, -0.25) is 4.79 Å². The number of anilines is 1. The van der Waals surface area contributed by atoms with Gasteiger partial charge in [0.25, 0.3) is 0 Å². The molecule has 0 bridgehead atoms. The number of aromatic nitrogens is 1. The van der Waals surface area contributed by atoms with Gasteiger partial charge >= 0.3 is 6.18 Å². The molecule has 1 aliphatic carbocycles. The van der Waals surface area contributed by atoms with Crippen molar-refractivity contribution in [3.63, 3.8) is 0 Å². The van der Waals surface area contributed by atoms with E-state index in [0.717, 1.165) is 11.3 Å². The van der Waals surface area contributed by atoms with Crippen LogP contribution >= 0.6 is 11.3 Å². The predicted molar refractivity (Wildman–Crippen MR) is 72.9 cm³/mol. The number of alkyl halides is 3. The van der Waals surface area contributed by atoms with E-state index < -0.39 is 30.0 Å². The van der Waals surface area contributed by atoms with Gasteiger partial charge in [-0.25, -0.2) is 4.98 Å². The fraction of sp³-hybridized carbons (Fsp3) is 0.692. The quantitative estimate of drug-likeness (QED) is 0.895. The highest BCUT2D eigenvalue weighted by Gasteiger charge is 2.43. The number of hydrogen-bond acceptors (Lipinski definition) is 4. The topological polar surface area (TPSA) is 62.2 Å². The minimum absolute atomic E-state index is 0.0940. The third-order valence-corrected chi connectivity index (χ3v) is 4.46. The fourth-order valence-electron chi connectivity index (χ4n) is 2.47. The summed E-state index contributed by atoms with van der Waals surface area (Å²) in [6, 6.07) is 0. The second-order valence-corrected chi connectivity index (χ2v) is 6.20. The Morgan fingerprint density at radius 1 is 1.52 bits per heavy atom. The Labute approximate surface area is 124 Å². The van der Waals surface area contributed by atoms with Crippen molar-refractivity contribution >= 4 is 22.4 Å². The average Bonchev–Trinajstić information content (AvgIpc) is 2.86. The van der Waals surface area contributed by atoms with Gasteiger partial charge in [0, 0.05) is 11.3 Å². The highest BCUT2D eigenvalue weighted by molar-refractivity contribution is 7.13. The molecule has 0 radical (unpaired) electrons. The minimum atomic E-state index is -4.24. The van der Waals surface area contributed by atoms with Crippen molar-refractivity contribution < 1.29 is 23.1 Å². The number of amides is 1. The lowest BCUT2D eigenvalue weighted by molar-refractivity contribution is -0.185. The van der Waals surface area contributed by atoms with Crippen LogP contribution in [0.1, 0.15) is 44.4 Å². The van der Waals surface area contributed by atoms with Crippen LogP contribution in [0.25, 0.3) is 0 Å². The van der Waals surface area contributed by atoms with Crippen molar-refractivity contribution in [2.45, 2.75) is 44.9 Å². The molecule has 1 fully saturated rings. The summed E-state index contributed by atoms with van der Waals surface area (Å²) in [5.41, 5.74) is 0.437. The summed E-state index contributed by atoms with van der Waals surface area (Å²) >= 11 is 1.15. The first-order valence-electron chi connectivity index (χ1n) is 6.78. The van der Waals surface area contributed by atoms with E-state index in [9.17, 15) is 23.1 Å². The Hall–Kier alpha value is -1.15. The van der Waals surface area contributed by atoms with Crippen LogP contribution in [0.3, 0.4) is 0 Å². The first-order valence-corrected chi connectivity index (χ1v) is 7.66.